The molecule has 2 aliphatic rings. The lowest BCUT2D eigenvalue weighted by atomic mass is 9.97. The maximum Gasteiger partial charge on any atom is 0.186 e. The highest BCUT2D eigenvalue weighted by atomic mass is 16.8. The molecule has 2 fully saturated rings. The van der Waals surface area contributed by atoms with Gasteiger partial charge in [-0.3, -0.25) is 0 Å². The summed E-state index contributed by atoms with van der Waals surface area (Å²) in [5.41, 5.74) is 6.23. The Balaban J connectivity index is 1.12. The molecule has 0 aliphatic carbocycles. The van der Waals surface area contributed by atoms with Crippen LogP contribution in [0.4, 0.5) is 0 Å². The fourth-order valence-corrected chi connectivity index (χ4v) is 8.50. The van der Waals surface area contributed by atoms with E-state index >= 15 is 0 Å². The minimum atomic E-state index is -0.793. The Kier molecular flexibility index (Phi) is 19.7. The van der Waals surface area contributed by atoms with E-state index in [1.54, 1.807) is 0 Å². The van der Waals surface area contributed by atoms with E-state index in [1.165, 1.54) is 0 Å². The molecule has 6 aromatic rings. The number of hydrogen-bond donors (Lipinski definition) is 0. The first-order chi connectivity index (χ1) is 33.7. The maximum atomic E-state index is 7.31. The van der Waals surface area contributed by atoms with Gasteiger partial charge in [0.2, 0.25) is 0 Å². The molecule has 0 bridgehead atoms. The summed E-state index contributed by atoms with van der Waals surface area (Å²) in [6.45, 7) is 5.19. The first-order valence-electron chi connectivity index (χ1n) is 24.1. The second kappa shape index (κ2) is 27.2. The zero-order chi connectivity index (χ0) is 46.4. The Hall–Kier alpha value is -5.08. The molecule has 0 spiro atoms. The molecule has 0 radical (unpaired) electrons. The third-order valence-corrected chi connectivity index (χ3v) is 12.1. The fourth-order valence-electron chi connectivity index (χ4n) is 8.50. The number of unbranched alkanes of at least 4 members (excludes halogenated alkanes) is 1. The summed E-state index contributed by atoms with van der Waals surface area (Å²) >= 11 is 0. The normalized spacial score (nSPS) is 23.9. The SMILES string of the molecule is CCCCO[C@@H]1O[C@H](COCc2ccccc2)[C@@H](O[C@H]2C[C@@H](OCc3ccccc3)[C@H](OCc3ccccc3)[C@@H](COCc3ccccc3)O2)[C@H](OCc2ccccc2)[C@H]1OCc1ccccc1. The molecule has 6 aromatic carbocycles. The van der Waals surface area contributed by atoms with Crippen molar-refractivity contribution in [2.45, 2.75) is 121 Å². The van der Waals surface area contributed by atoms with Gasteiger partial charge in [0.1, 0.15) is 36.6 Å². The van der Waals surface area contributed by atoms with Crippen molar-refractivity contribution in [1.29, 1.82) is 0 Å². The minimum Gasteiger partial charge on any atom is -0.374 e. The summed E-state index contributed by atoms with van der Waals surface area (Å²) in [7, 11) is 0. The van der Waals surface area contributed by atoms with Gasteiger partial charge in [-0.25, -0.2) is 0 Å². The largest absolute Gasteiger partial charge is 0.374 e. The topological polar surface area (TPSA) is 92.3 Å². The van der Waals surface area contributed by atoms with Gasteiger partial charge in [-0.15, -0.1) is 0 Å². The van der Waals surface area contributed by atoms with E-state index < -0.39 is 55.3 Å². The van der Waals surface area contributed by atoms with Crippen molar-refractivity contribution >= 4 is 0 Å². The molecule has 0 saturated carbocycles. The van der Waals surface area contributed by atoms with Crippen LogP contribution in [-0.2, 0) is 87.0 Å². The molecular formula is C58H66O10. The second-order valence-electron chi connectivity index (χ2n) is 17.3. The molecule has 0 N–H and O–H groups in total. The van der Waals surface area contributed by atoms with E-state index in [2.05, 4.69) is 55.5 Å². The van der Waals surface area contributed by atoms with E-state index in [0.717, 1.165) is 46.2 Å². The molecule has 68 heavy (non-hydrogen) atoms. The van der Waals surface area contributed by atoms with Gasteiger partial charge < -0.3 is 47.4 Å². The first kappa shape index (κ1) is 49.3. The van der Waals surface area contributed by atoms with E-state index in [9.17, 15) is 0 Å². The highest BCUT2D eigenvalue weighted by Gasteiger charge is 2.51. The standard InChI is InChI=1S/C58H66O10/c1-2-3-34-61-58-57(65-41-49-32-20-9-21-33-49)56(64-40-48-30-18-8-19-31-48)55(52(67-58)43-60-37-45-24-12-5-13-25-45)68-53-35-50(62-38-46-26-14-6-15-27-46)54(63-39-47-28-16-7-17-29-47)51(66-53)42-59-36-44-22-10-4-11-23-44/h4-33,50-58H,2-3,34-43H2,1H3/t50-,51-,52-,53+,54+,55-,56+,57-,58-/m1/s1. The van der Waals surface area contributed by atoms with E-state index in [1.807, 2.05) is 133 Å². The van der Waals surface area contributed by atoms with E-state index in [-0.39, 0.29) is 13.2 Å². The fraction of sp³-hybridized carbons (Fsp3) is 0.379. The maximum absolute atomic E-state index is 7.31. The summed E-state index contributed by atoms with van der Waals surface area (Å²) < 4.78 is 68.4. The Morgan fingerprint density at radius 2 is 0.779 bits per heavy atom. The highest BCUT2D eigenvalue weighted by molar-refractivity contribution is 5.18. The van der Waals surface area contributed by atoms with Crippen LogP contribution in [0.3, 0.4) is 0 Å². The average Bonchev–Trinajstić information content (AvgIpc) is 3.39. The predicted molar refractivity (Wildman–Crippen MR) is 260 cm³/mol. The van der Waals surface area contributed by atoms with Crippen molar-refractivity contribution in [2.75, 3.05) is 19.8 Å². The van der Waals surface area contributed by atoms with Crippen LogP contribution in [0.1, 0.15) is 59.6 Å². The Bertz CT molecular complexity index is 2240. The van der Waals surface area contributed by atoms with Gasteiger partial charge in [0.15, 0.2) is 12.6 Å². The van der Waals surface area contributed by atoms with Crippen molar-refractivity contribution in [3.05, 3.63) is 215 Å². The lowest BCUT2D eigenvalue weighted by Gasteiger charge is -2.48. The zero-order valence-corrected chi connectivity index (χ0v) is 39.1. The smallest absolute Gasteiger partial charge is 0.186 e. The minimum absolute atomic E-state index is 0.191. The number of benzene rings is 6. The highest BCUT2D eigenvalue weighted by Crippen LogP contribution is 2.35. The van der Waals surface area contributed by atoms with Crippen molar-refractivity contribution in [3.8, 4) is 0 Å². The molecule has 2 saturated heterocycles. The van der Waals surface area contributed by atoms with Crippen LogP contribution in [0.5, 0.6) is 0 Å². The monoisotopic (exact) mass is 922 g/mol. The van der Waals surface area contributed by atoms with E-state index in [0.29, 0.717) is 52.7 Å². The molecule has 2 heterocycles. The molecule has 10 heteroatoms. The van der Waals surface area contributed by atoms with Gasteiger partial charge in [0, 0.05) is 13.0 Å². The average molecular weight is 923 g/mol. The Labute approximate surface area is 402 Å². The van der Waals surface area contributed by atoms with Crippen LogP contribution in [-0.4, -0.2) is 75.1 Å². The molecule has 0 unspecified atom stereocenters. The lowest BCUT2D eigenvalue weighted by molar-refractivity contribution is -0.358. The second-order valence-corrected chi connectivity index (χ2v) is 17.3. The van der Waals surface area contributed by atoms with Crippen molar-refractivity contribution < 1.29 is 47.4 Å². The molecular weight excluding hydrogens is 857 g/mol. The predicted octanol–water partition coefficient (Wildman–Crippen LogP) is 10.8. The number of ether oxygens (including phenoxy) is 10. The van der Waals surface area contributed by atoms with Crippen LogP contribution >= 0.6 is 0 Å². The van der Waals surface area contributed by atoms with Crippen molar-refractivity contribution in [1.82, 2.24) is 0 Å². The van der Waals surface area contributed by atoms with Crippen LogP contribution in [0.2, 0.25) is 0 Å². The molecule has 10 nitrogen and oxygen atoms in total. The number of rotatable bonds is 26. The molecule has 2 aliphatic heterocycles. The zero-order valence-electron chi connectivity index (χ0n) is 39.1. The van der Waals surface area contributed by atoms with Gasteiger partial charge in [-0.1, -0.05) is 195 Å². The summed E-state index contributed by atoms with van der Waals surface area (Å²) in [5.74, 6) is 0. The summed E-state index contributed by atoms with van der Waals surface area (Å²) in [6.07, 6.45) is -3.66. The van der Waals surface area contributed by atoms with Crippen LogP contribution in [0.15, 0.2) is 182 Å². The van der Waals surface area contributed by atoms with Crippen LogP contribution < -0.4 is 0 Å². The van der Waals surface area contributed by atoms with Crippen molar-refractivity contribution in [3.63, 3.8) is 0 Å². The van der Waals surface area contributed by atoms with E-state index in [4.69, 9.17) is 47.4 Å². The first-order valence-corrected chi connectivity index (χ1v) is 24.1. The van der Waals surface area contributed by atoms with Gasteiger partial charge in [0.25, 0.3) is 0 Å². The quantitative estimate of drug-likeness (QED) is 0.0490. The van der Waals surface area contributed by atoms with Gasteiger partial charge >= 0.3 is 0 Å². The summed E-state index contributed by atoms with van der Waals surface area (Å²) in [5, 5.41) is 0. The molecule has 8 rings (SSSR count). The summed E-state index contributed by atoms with van der Waals surface area (Å²) in [6, 6.07) is 60.8. The van der Waals surface area contributed by atoms with Gasteiger partial charge in [-0.05, 0) is 39.8 Å². The number of hydrogen-bond acceptors (Lipinski definition) is 10. The molecule has 358 valence electrons. The van der Waals surface area contributed by atoms with Gasteiger partial charge in [0.05, 0.1) is 59.0 Å². The van der Waals surface area contributed by atoms with Crippen LogP contribution in [0.25, 0.3) is 0 Å². The third-order valence-electron chi connectivity index (χ3n) is 12.1. The van der Waals surface area contributed by atoms with Crippen molar-refractivity contribution in [2.24, 2.45) is 0 Å². The third kappa shape index (κ3) is 15.2. The van der Waals surface area contributed by atoms with Crippen LogP contribution in [0, 0.1) is 0 Å². The Morgan fingerprint density at radius 3 is 1.22 bits per heavy atom. The molecule has 9 atom stereocenters. The Morgan fingerprint density at radius 1 is 0.397 bits per heavy atom. The lowest BCUT2D eigenvalue weighted by Crippen LogP contribution is -2.63. The van der Waals surface area contributed by atoms with Gasteiger partial charge in [-0.2, -0.15) is 0 Å². The molecule has 0 aromatic heterocycles. The molecule has 0 amide bonds. The summed E-state index contributed by atoms with van der Waals surface area (Å²) in [4.78, 5) is 0.